The molecular weight excluding hydrogens is 347 g/mol. The van der Waals surface area contributed by atoms with Gasteiger partial charge >= 0.3 is 18.2 Å². The van der Waals surface area contributed by atoms with E-state index in [0.29, 0.717) is 5.01 Å². The van der Waals surface area contributed by atoms with Gasteiger partial charge in [0.15, 0.2) is 0 Å². The van der Waals surface area contributed by atoms with Crippen molar-refractivity contribution in [1.29, 1.82) is 0 Å². The number of rotatable bonds is 4. The SMILES string of the molecule is CC(C)c1csc(CNC(=O)N2C[C@@H](C(F)(F)F)[C@H](C(=O)O)C2)n1. The van der Waals surface area contributed by atoms with Crippen LogP contribution < -0.4 is 5.32 Å². The first-order valence-corrected chi connectivity index (χ1v) is 8.24. The Morgan fingerprint density at radius 1 is 1.46 bits per heavy atom. The van der Waals surface area contributed by atoms with Gasteiger partial charge in [0, 0.05) is 18.5 Å². The van der Waals surface area contributed by atoms with Crippen molar-refractivity contribution < 1.29 is 27.9 Å². The maximum Gasteiger partial charge on any atom is 0.394 e. The average molecular weight is 365 g/mol. The molecule has 6 nitrogen and oxygen atoms in total. The first-order valence-electron chi connectivity index (χ1n) is 7.36. The number of hydrogen-bond donors (Lipinski definition) is 2. The van der Waals surface area contributed by atoms with Crippen LogP contribution in [0.5, 0.6) is 0 Å². The minimum Gasteiger partial charge on any atom is -0.481 e. The monoisotopic (exact) mass is 365 g/mol. The van der Waals surface area contributed by atoms with E-state index in [0.717, 1.165) is 10.6 Å². The summed E-state index contributed by atoms with van der Waals surface area (Å²) >= 11 is 1.35. The van der Waals surface area contributed by atoms with Gasteiger partial charge in [0.2, 0.25) is 0 Å². The summed E-state index contributed by atoms with van der Waals surface area (Å²) in [5.74, 6) is -4.99. The standard InChI is InChI=1S/C14H18F3N3O3S/c1-7(2)10-6-24-11(19-10)3-18-13(23)20-4-8(12(21)22)9(5-20)14(15,16)17/h6-9H,3-5H2,1-2H3,(H,18,23)(H,21,22)/t8-,9-/m1/s1. The normalized spacial score (nSPS) is 21.3. The number of carboxylic acid groups (broad SMARTS) is 1. The van der Waals surface area contributed by atoms with Crippen LogP contribution in [0.1, 0.15) is 30.5 Å². The van der Waals surface area contributed by atoms with Gasteiger partial charge in [0.1, 0.15) is 5.01 Å². The highest BCUT2D eigenvalue weighted by Crippen LogP contribution is 2.37. The number of alkyl halides is 3. The highest BCUT2D eigenvalue weighted by atomic mass is 32.1. The summed E-state index contributed by atoms with van der Waals surface area (Å²) in [6.45, 7) is 2.94. The number of urea groups is 1. The molecule has 1 fully saturated rings. The summed E-state index contributed by atoms with van der Waals surface area (Å²) in [4.78, 5) is 28.3. The van der Waals surface area contributed by atoms with Crippen molar-refractivity contribution in [1.82, 2.24) is 15.2 Å². The first kappa shape index (κ1) is 18.5. The van der Waals surface area contributed by atoms with Crippen LogP contribution in [-0.2, 0) is 11.3 Å². The number of thiazole rings is 1. The fraction of sp³-hybridized carbons (Fsp3) is 0.643. The second kappa shape index (κ2) is 6.96. The van der Waals surface area contributed by atoms with E-state index in [1.807, 2.05) is 19.2 Å². The van der Waals surface area contributed by atoms with Crippen LogP contribution in [0.15, 0.2) is 5.38 Å². The van der Waals surface area contributed by atoms with Gasteiger partial charge in [-0.1, -0.05) is 13.8 Å². The van der Waals surface area contributed by atoms with Crippen LogP contribution >= 0.6 is 11.3 Å². The maximum atomic E-state index is 12.9. The Balaban J connectivity index is 1.96. The van der Waals surface area contributed by atoms with Gasteiger partial charge in [-0.05, 0) is 5.92 Å². The maximum absolute atomic E-state index is 12.9. The Morgan fingerprint density at radius 3 is 2.58 bits per heavy atom. The fourth-order valence-corrected chi connectivity index (χ4v) is 3.38. The number of amides is 2. The second-order valence-electron chi connectivity index (χ2n) is 5.98. The third-order valence-electron chi connectivity index (χ3n) is 3.90. The highest BCUT2D eigenvalue weighted by molar-refractivity contribution is 7.09. The quantitative estimate of drug-likeness (QED) is 0.859. The van der Waals surface area contributed by atoms with E-state index in [2.05, 4.69) is 10.3 Å². The van der Waals surface area contributed by atoms with Gasteiger partial charge in [0.05, 0.1) is 24.1 Å². The number of carboxylic acids is 1. The fourth-order valence-electron chi connectivity index (χ4n) is 2.49. The molecule has 0 unspecified atom stereocenters. The lowest BCUT2D eigenvalue weighted by Crippen LogP contribution is -2.39. The Hall–Kier alpha value is -1.84. The predicted octanol–water partition coefficient (Wildman–Crippen LogP) is 2.67. The Kier molecular flexibility index (Phi) is 5.36. The van der Waals surface area contributed by atoms with Crippen LogP contribution in [0.2, 0.25) is 0 Å². The molecule has 0 spiro atoms. The van der Waals surface area contributed by atoms with Gasteiger partial charge in [-0.15, -0.1) is 11.3 Å². The molecule has 1 aliphatic heterocycles. The molecule has 0 radical (unpaired) electrons. The first-order chi connectivity index (χ1) is 11.1. The summed E-state index contributed by atoms with van der Waals surface area (Å²) in [5.41, 5.74) is 0.883. The van der Waals surface area contributed by atoms with Crippen LogP contribution in [0.25, 0.3) is 0 Å². The zero-order valence-corrected chi connectivity index (χ0v) is 13.9. The van der Waals surface area contributed by atoms with E-state index >= 15 is 0 Å². The number of hydrogen-bond acceptors (Lipinski definition) is 4. The molecule has 2 atom stereocenters. The van der Waals surface area contributed by atoms with Gasteiger partial charge in [-0.3, -0.25) is 4.79 Å². The molecule has 2 heterocycles. The summed E-state index contributed by atoms with van der Waals surface area (Å²) in [5, 5.41) is 14.0. The highest BCUT2D eigenvalue weighted by Gasteiger charge is 2.53. The number of likely N-dealkylation sites (tertiary alicyclic amines) is 1. The van der Waals surface area contributed by atoms with Gasteiger partial charge in [-0.2, -0.15) is 13.2 Å². The van der Waals surface area contributed by atoms with E-state index in [4.69, 9.17) is 5.11 Å². The van der Waals surface area contributed by atoms with E-state index < -0.39 is 43.1 Å². The predicted molar refractivity (Wildman–Crippen MR) is 80.7 cm³/mol. The molecule has 0 bridgehead atoms. The summed E-state index contributed by atoms with van der Waals surface area (Å²) in [6, 6.07) is -0.714. The van der Waals surface area contributed by atoms with Gasteiger partial charge < -0.3 is 15.3 Å². The number of nitrogens with one attached hydrogen (secondary N) is 1. The van der Waals surface area contributed by atoms with Crippen molar-refractivity contribution in [2.24, 2.45) is 11.8 Å². The molecule has 2 amide bonds. The second-order valence-corrected chi connectivity index (χ2v) is 6.92. The molecule has 1 aromatic rings. The molecule has 1 aromatic heterocycles. The van der Waals surface area contributed by atoms with Gasteiger partial charge in [-0.25, -0.2) is 9.78 Å². The van der Waals surface area contributed by atoms with Crippen molar-refractivity contribution >= 4 is 23.3 Å². The van der Waals surface area contributed by atoms with E-state index in [-0.39, 0.29) is 12.5 Å². The average Bonchev–Trinajstić information content (AvgIpc) is 3.11. The molecule has 0 aliphatic carbocycles. The lowest BCUT2D eigenvalue weighted by molar-refractivity contribution is -0.187. The van der Waals surface area contributed by atoms with Crippen molar-refractivity contribution in [3.05, 3.63) is 16.1 Å². The smallest absolute Gasteiger partial charge is 0.394 e. The molecule has 10 heteroatoms. The summed E-state index contributed by atoms with van der Waals surface area (Å²) in [7, 11) is 0. The van der Waals surface area contributed by atoms with E-state index in [1.54, 1.807) is 0 Å². The largest absolute Gasteiger partial charge is 0.481 e. The number of halogens is 3. The van der Waals surface area contributed by atoms with Crippen molar-refractivity contribution in [3.63, 3.8) is 0 Å². The lowest BCUT2D eigenvalue weighted by atomic mass is 9.96. The minimum atomic E-state index is -4.65. The Labute approximate surface area is 140 Å². The lowest BCUT2D eigenvalue weighted by Gasteiger charge is -2.18. The van der Waals surface area contributed by atoms with Crippen LogP contribution in [-0.4, -0.2) is 46.3 Å². The molecular formula is C14H18F3N3O3S. The molecule has 24 heavy (non-hydrogen) atoms. The zero-order chi connectivity index (χ0) is 18.1. The molecule has 1 aliphatic rings. The number of aliphatic carboxylic acids is 1. The van der Waals surface area contributed by atoms with Crippen LogP contribution in [0, 0.1) is 11.8 Å². The third kappa shape index (κ3) is 4.16. The third-order valence-corrected chi connectivity index (χ3v) is 4.76. The molecule has 134 valence electrons. The zero-order valence-electron chi connectivity index (χ0n) is 13.1. The number of aromatic nitrogens is 1. The molecule has 2 rings (SSSR count). The van der Waals surface area contributed by atoms with Crippen molar-refractivity contribution in [2.75, 3.05) is 13.1 Å². The minimum absolute atomic E-state index is 0.0984. The molecule has 0 aromatic carbocycles. The number of nitrogens with zero attached hydrogens (tertiary/aromatic N) is 2. The van der Waals surface area contributed by atoms with E-state index in [1.165, 1.54) is 11.3 Å². The number of carbonyl (C=O) groups excluding carboxylic acids is 1. The van der Waals surface area contributed by atoms with Crippen molar-refractivity contribution in [2.45, 2.75) is 32.5 Å². The molecule has 1 saturated heterocycles. The van der Waals surface area contributed by atoms with Crippen LogP contribution in [0.3, 0.4) is 0 Å². The topological polar surface area (TPSA) is 82.5 Å². The summed E-state index contributed by atoms with van der Waals surface area (Å²) in [6.07, 6.45) is -4.65. The van der Waals surface area contributed by atoms with Crippen LogP contribution in [0.4, 0.5) is 18.0 Å². The summed E-state index contributed by atoms with van der Waals surface area (Å²) < 4.78 is 38.7. The number of carbonyl (C=O) groups is 2. The molecule has 2 N–H and O–H groups in total. The Bertz CT molecular complexity index is 618. The molecule has 0 saturated carbocycles. The van der Waals surface area contributed by atoms with Gasteiger partial charge in [0.25, 0.3) is 0 Å². The van der Waals surface area contributed by atoms with E-state index in [9.17, 15) is 22.8 Å². The Morgan fingerprint density at radius 2 is 2.12 bits per heavy atom. The van der Waals surface area contributed by atoms with Crippen molar-refractivity contribution in [3.8, 4) is 0 Å².